The minimum absolute atomic E-state index is 0.374. The van der Waals surface area contributed by atoms with E-state index in [1.807, 2.05) is 47.8 Å². The van der Waals surface area contributed by atoms with Crippen molar-refractivity contribution < 1.29 is 9.15 Å². The van der Waals surface area contributed by atoms with Crippen molar-refractivity contribution in [2.75, 3.05) is 25.1 Å². The van der Waals surface area contributed by atoms with Gasteiger partial charge in [0.05, 0.1) is 18.4 Å². The highest BCUT2D eigenvalue weighted by atomic mass is 32.1. The smallest absolute Gasteiger partial charge is 0.346 e. The van der Waals surface area contributed by atoms with Crippen LogP contribution < -0.4 is 15.3 Å². The van der Waals surface area contributed by atoms with Gasteiger partial charge in [0.2, 0.25) is 0 Å². The van der Waals surface area contributed by atoms with Crippen LogP contribution in [0.4, 0.5) is 5.69 Å². The van der Waals surface area contributed by atoms with Crippen molar-refractivity contribution in [3.05, 3.63) is 64.3 Å². The Morgan fingerprint density at radius 1 is 1.10 bits per heavy atom. The van der Waals surface area contributed by atoms with Gasteiger partial charge >= 0.3 is 5.63 Å². The summed E-state index contributed by atoms with van der Waals surface area (Å²) >= 11 is 1.43. The molecule has 29 heavy (non-hydrogen) atoms. The Hall–Kier alpha value is -3.12. The van der Waals surface area contributed by atoms with E-state index >= 15 is 0 Å². The van der Waals surface area contributed by atoms with Crippen LogP contribution in [0, 0.1) is 0 Å². The lowest BCUT2D eigenvalue weighted by atomic mass is 10.1. The number of fused-ring (bicyclic) bond motifs is 1. The molecule has 2 heterocycles. The molecule has 0 fully saturated rings. The molecule has 4 aromatic rings. The van der Waals surface area contributed by atoms with Gasteiger partial charge in [0.25, 0.3) is 0 Å². The molecular weight excluding hydrogens is 384 g/mol. The van der Waals surface area contributed by atoms with Crippen molar-refractivity contribution >= 4 is 28.0 Å². The highest BCUT2D eigenvalue weighted by Gasteiger charge is 2.14. The fourth-order valence-corrected chi connectivity index (χ4v) is 4.18. The first-order valence-electron chi connectivity index (χ1n) is 9.56. The number of hydrogen-bond acceptors (Lipinski definition) is 6. The van der Waals surface area contributed by atoms with Crippen LogP contribution >= 0.6 is 11.3 Å². The molecule has 0 aliphatic rings. The minimum atomic E-state index is -0.374. The number of nitrogens with zero attached hydrogens (tertiary/aromatic N) is 2. The Balaban J connectivity index is 1.73. The number of hydrogen-bond donors (Lipinski definition) is 0. The third-order valence-corrected chi connectivity index (χ3v) is 5.82. The number of rotatable bonds is 6. The molecule has 148 valence electrons. The van der Waals surface area contributed by atoms with Gasteiger partial charge in [-0.1, -0.05) is 12.1 Å². The van der Waals surface area contributed by atoms with E-state index in [9.17, 15) is 4.79 Å². The van der Waals surface area contributed by atoms with Crippen LogP contribution in [0.1, 0.15) is 13.8 Å². The second-order valence-electron chi connectivity index (χ2n) is 6.61. The maximum Gasteiger partial charge on any atom is 0.346 e. The SMILES string of the molecule is CCN(CC)c1ccc2cc(-c3nc(-c4cccc(OC)c4)cs3)c(=O)oc2c1. The molecule has 0 aliphatic carbocycles. The van der Waals surface area contributed by atoms with Crippen LogP contribution in [0.25, 0.3) is 32.8 Å². The van der Waals surface area contributed by atoms with Gasteiger partial charge in [-0.25, -0.2) is 9.78 Å². The normalized spacial score (nSPS) is 11.0. The van der Waals surface area contributed by atoms with Gasteiger partial charge in [-0.05, 0) is 44.2 Å². The molecule has 0 unspecified atom stereocenters. The number of ether oxygens (including phenoxy) is 1. The summed E-state index contributed by atoms with van der Waals surface area (Å²) < 4.78 is 10.9. The monoisotopic (exact) mass is 406 g/mol. The highest BCUT2D eigenvalue weighted by Crippen LogP contribution is 2.31. The molecule has 0 saturated heterocycles. The zero-order valence-corrected chi connectivity index (χ0v) is 17.5. The van der Waals surface area contributed by atoms with Crippen LogP contribution in [0.2, 0.25) is 0 Å². The highest BCUT2D eigenvalue weighted by molar-refractivity contribution is 7.13. The van der Waals surface area contributed by atoms with Crippen LogP contribution in [0.15, 0.2) is 63.1 Å². The lowest BCUT2D eigenvalue weighted by molar-refractivity contribution is 0.415. The summed E-state index contributed by atoms with van der Waals surface area (Å²) in [7, 11) is 1.64. The molecule has 0 aliphatic heterocycles. The largest absolute Gasteiger partial charge is 0.497 e. The molecule has 5 nitrogen and oxygen atoms in total. The van der Waals surface area contributed by atoms with Gasteiger partial charge in [-0.3, -0.25) is 0 Å². The predicted octanol–water partition coefficient (Wildman–Crippen LogP) is 5.44. The molecule has 2 aromatic heterocycles. The molecule has 0 N–H and O–H groups in total. The van der Waals surface area contributed by atoms with E-state index in [1.165, 1.54) is 11.3 Å². The summed E-state index contributed by atoms with van der Waals surface area (Å²) in [6, 6.07) is 15.6. The Bertz CT molecular complexity index is 1210. The molecule has 0 saturated carbocycles. The average molecular weight is 407 g/mol. The van der Waals surface area contributed by atoms with Gasteiger partial charge < -0.3 is 14.1 Å². The number of aromatic nitrogens is 1. The third kappa shape index (κ3) is 3.76. The van der Waals surface area contributed by atoms with Crippen molar-refractivity contribution in [2.45, 2.75) is 13.8 Å². The second kappa shape index (κ2) is 8.09. The number of benzene rings is 2. The summed E-state index contributed by atoms with van der Waals surface area (Å²) in [4.78, 5) is 19.5. The van der Waals surface area contributed by atoms with E-state index in [-0.39, 0.29) is 5.63 Å². The summed E-state index contributed by atoms with van der Waals surface area (Å²) in [5.41, 5.74) is 3.50. The van der Waals surface area contributed by atoms with Gasteiger partial charge in [0.15, 0.2) is 0 Å². The summed E-state index contributed by atoms with van der Waals surface area (Å²) in [5, 5.41) is 3.47. The number of anilines is 1. The Morgan fingerprint density at radius 2 is 1.93 bits per heavy atom. The Labute approximate surface area is 173 Å². The standard InChI is InChI=1S/C23H22N2O3S/c1-4-25(5-2)17-10-9-16-12-19(23(26)28-21(16)13-17)22-24-20(14-29-22)15-7-6-8-18(11-15)27-3/h6-14H,4-5H2,1-3H3. The summed E-state index contributed by atoms with van der Waals surface area (Å²) in [5.74, 6) is 0.770. The first-order chi connectivity index (χ1) is 14.1. The van der Waals surface area contributed by atoms with Crippen LogP contribution in [0.3, 0.4) is 0 Å². The van der Waals surface area contributed by atoms with Gasteiger partial charge in [0.1, 0.15) is 16.3 Å². The molecule has 0 radical (unpaired) electrons. The summed E-state index contributed by atoms with van der Waals surface area (Å²) in [6.07, 6.45) is 0. The van der Waals surface area contributed by atoms with Crippen molar-refractivity contribution in [3.8, 4) is 27.6 Å². The maximum absolute atomic E-state index is 12.7. The van der Waals surface area contributed by atoms with E-state index in [2.05, 4.69) is 29.8 Å². The third-order valence-electron chi connectivity index (χ3n) is 4.95. The quantitative estimate of drug-likeness (QED) is 0.399. The van der Waals surface area contributed by atoms with Crippen molar-refractivity contribution in [3.63, 3.8) is 0 Å². The molecule has 0 spiro atoms. The van der Waals surface area contributed by atoms with Gasteiger partial charge in [0, 0.05) is 41.2 Å². The molecular formula is C23H22N2O3S. The first kappa shape index (κ1) is 19.2. The van der Waals surface area contributed by atoms with Crippen molar-refractivity contribution in [1.82, 2.24) is 4.98 Å². The second-order valence-corrected chi connectivity index (χ2v) is 7.47. The van der Waals surface area contributed by atoms with Crippen molar-refractivity contribution in [2.24, 2.45) is 0 Å². The van der Waals surface area contributed by atoms with E-state index in [1.54, 1.807) is 7.11 Å². The van der Waals surface area contributed by atoms with Gasteiger partial charge in [-0.15, -0.1) is 11.3 Å². The molecule has 0 amide bonds. The van der Waals surface area contributed by atoms with E-state index in [0.717, 1.165) is 41.2 Å². The zero-order chi connectivity index (χ0) is 20.4. The number of thiazole rings is 1. The minimum Gasteiger partial charge on any atom is -0.497 e. The lowest BCUT2D eigenvalue weighted by Gasteiger charge is -2.20. The average Bonchev–Trinajstić information content (AvgIpc) is 3.24. The Morgan fingerprint density at radius 3 is 2.69 bits per heavy atom. The van der Waals surface area contributed by atoms with Crippen molar-refractivity contribution in [1.29, 1.82) is 0 Å². The molecule has 2 aromatic carbocycles. The van der Waals surface area contributed by atoms with Crippen LogP contribution in [-0.2, 0) is 0 Å². The van der Waals surface area contributed by atoms with E-state index < -0.39 is 0 Å². The molecule has 4 rings (SSSR count). The molecule has 0 atom stereocenters. The predicted molar refractivity (Wildman–Crippen MR) is 119 cm³/mol. The lowest BCUT2D eigenvalue weighted by Crippen LogP contribution is -2.21. The van der Waals surface area contributed by atoms with Crippen LogP contribution in [-0.4, -0.2) is 25.2 Å². The molecule has 0 bridgehead atoms. The fraction of sp³-hybridized carbons (Fsp3) is 0.217. The van der Waals surface area contributed by atoms with E-state index in [4.69, 9.17) is 9.15 Å². The Kier molecular flexibility index (Phi) is 5.36. The molecule has 6 heteroatoms. The first-order valence-corrected chi connectivity index (χ1v) is 10.4. The maximum atomic E-state index is 12.7. The zero-order valence-electron chi connectivity index (χ0n) is 16.6. The summed E-state index contributed by atoms with van der Waals surface area (Å²) in [6.45, 7) is 6.01. The topological polar surface area (TPSA) is 55.6 Å². The van der Waals surface area contributed by atoms with Crippen LogP contribution in [0.5, 0.6) is 5.75 Å². The number of methoxy groups -OCH3 is 1. The fourth-order valence-electron chi connectivity index (χ4n) is 3.35. The van der Waals surface area contributed by atoms with Gasteiger partial charge in [-0.2, -0.15) is 0 Å². The van der Waals surface area contributed by atoms with E-state index in [0.29, 0.717) is 16.2 Å².